The zero-order chi connectivity index (χ0) is 15.7. The van der Waals surface area contributed by atoms with Gasteiger partial charge in [-0.1, -0.05) is 13.8 Å². The van der Waals surface area contributed by atoms with E-state index < -0.39 is 0 Å². The van der Waals surface area contributed by atoms with Crippen LogP contribution in [0.5, 0.6) is 0 Å². The molecule has 1 amide bonds. The summed E-state index contributed by atoms with van der Waals surface area (Å²) in [5, 5.41) is 3.46. The molecule has 1 saturated heterocycles. The highest BCUT2D eigenvalue weighted by atomic mass is 16.2. The zero-order valence-electron chi connectivity index (χ0n) is 13.7. The summed E-state index contributed by atoms with van der Waals surface area (Å²) < 4.78 is 0. The van der Waals surface area contributed by atoms with Gasteiger partial charge in [0, 0.05) is 32.7 Å². The Morgan fingerprint density at radius 3 is 2.73 bits per heavy atom. The molecule has 6 nitrogen and oxygen atoms in total. The van der Waals surface area contributed by atoms with E-state index >= 15 is 0 Å². The van der Waals surface area contributed by atoms with Gasteiger partial charge in [-0.3, -0.25) is 4.79 Å². The molecule has 2 fully saturated rings. The lowest BCUT2D eigenvalue weighted by molar-refractivity contribution is -0.129. The van der Waals surface area contributed by atoms with Crippen LogP contribution in [-0.2, 0) is 4.79 Å². The van der Waals surface area contributed by atoms with Crippen molar-refractivity contribution in [2.24, 2.45) is 11.3 Å². The number of anilines is 2. The lowest BCUT2D eigenvalue weighted by atomic mass is 9.92. The maximum absolute atomic E-state index is 11.8. The van der Waals surface area contributed by atoms with Crippen molar-refractivity contribution in [2.45, 2.75) is 26.7 Å². The normalized spacial score (nSPS) is 20.5. The van der Waals surface area contributed by atoms with Crippen molar-refractivity contribution in [2.75, 3.05) is 43.4 Å². The van der Waals surface area contributed by atoms with Gasteiger partial charge >= 0.3 is 0 Å². The van der Waals surface area contributed by atoms with Gasteiger partial charge in [0.1, 0.15) is 18.0 Å². The van der Waals surface area contributed by atoms with Gasteiger partial charge in [0.05, 0.1) is 6.54 Å². The molecule has 1 aliphatic heterocycles. The Balaban J connectivity index is 1.64. The molecule has 1 saturated carbocycles. The third kappa shape index (κ3) is 3.00. The Kier molecular flexibility index (Phi) is 3.93. The fourth-order valence-corrected chi connectivity index (χ4v) is 2.96. The average Bonchev–Trinajstić information content (AvgIpc) is 3.30. The van der Waals surface area contributed by atoms with E-state index in [-0.39, 0.29) is 5.91 Å². The van der Waals surface area contributed by atoms with E-state index in [0.717, 1.165) is 31.3 Å². The largest absolute Gasteiger partial charge is 0.369 e. The third-order valence-electron chi connectivity index (χ3n) is 5.17. The number of likely N-dealkylation sites (N-methyl/N-ethyl adjacent to an activating group) is 1. The average molecular weight is 303 g/mol. The third-order valence-corrected chi connectivity index (χ3v) is 5.17. The number of carbonyl (C=O) groups excluding carboxylic acids is 1. The molecule has 2 heterocycles. The molecule has 2 aliphatic rings. The van der Waals surface area contributed by atoms with E-state index in [0.29, 0.717) is 17.9 Å². The highest BCUT2D eigenvalue weighted by molar-refractivity contribution is 5.82. The Bertz CT molecular complexity index is 555. The maximum Gasteiger partial charge on any atom is 0.241 e. The molecule has 22 heavy (non-hydrogen) atoms. The zero-order valence-corrected chi connectivity index (χ0v) is 13.7. The van der Waals surface area contributed by atoms with Crippen molar-refractivity contribution in [3.63, 3.8) is 0 Å². The van der Waals surface area contributed by atoms with Crippen molar-refractivity contribution >= 4 is 17.5 Å². The predicted octanol–water partition coefficient (Wildman–Crippen LogP) is 1.60. The van der Waals surface area contributed by atoms with E-state index in [1.54, 1.807) is 11.2 Å². The molecule has 120 valence electrons. The van der Waals surface area contributed by atoms with Crippen LogP contribution in [0.1, 0.15) is 26.7 Å². The van der Waals surface area contributed by atoms with Crippen molar-refractivity contribution in [1.29, 1.82) is 0 Å². The molecule has 6 heteroatoms. The van der Waals surface area contributed by atoms with Crippen LogP contribution in [0.15, 0.2) is 12.4 Å². The summed E-state index contributed by atoms with van der Waals surface area (Å²) in [7, 11) is 1.84. The molecule has 0 aromatic carbocycles. The Morgan fingerprint density at radius 1 is 1.32 bits per heavy atom. The number of nitrogens with one attached hydrogen (secondary N) is 1. The van der Waals surface area contributed by atoms with Gasteiger partial charge in [-0.15, -0.1) is 0 Å². The molecular weight excluding hydrogens is 278 g/mol. The van der Waals surface area contributed by atoms with Crippen LogP contribution >= 0.6 is 0 Å². The Hall–Kier alpha value is -1.85. The van der Waals surface area contributed by atoms with E-state index in [9.17, 15) is 4.79 Å². The van der Waals surface area contributed by atoms with Crippen LogP contribution in [-0.4, -0.2) is 54.0 Å². The lowest BCUT2D eigenvalue weighted by Gasteiger charge is -2.32. The van der Waals surface area contributed by atoms with E-state index in [4.69, 9.17) is 0 Å². The quantitative estimate of drug-likeness (QED) is 0.895. The minimum absolute atomic E-state index is 0.135. The highest BCUT2D eigenvalue weighted by Crippen LogP contribution is 2.51. The number of nitrogens with zero attached hydrogens (tertiary/aromatic N) is 4. The minimum atomic E-state index is 0.135. The lowest BCUT2D eigenvalue weighted by Crippen LogP contribution is -2.48. The van der Waals surface area contributed by atoms with Gasteiger partial charge in [-0.05, 0) is 24.2 Å². The highest BCUT2D eigenvalue weighted by Gasteiger charge is 2.44. The standard InChI is InChI=1S/C16H25N5O/c1-12(2)16(4-5-16)10-17-13-8-14(19-11-18-13)21-7-6-20(3)15(22)9-21/h8,11-12H,4-7,9-10H2,1-3H3,(H,17,18,19). The first kappa shape index (κ1) is 15.1. The summed E-state index contributed by atoms with van der Waals surface area (Å²) in [6, 6.07) is 1.95. The van der Waals surface area contributed by atoms with E-state index in [2.05, 4.69) is 29.1 Å². The van der Waals surface area contributed by atoms with Crippen molar-refractivity contribution < 1.29 is 4.79 Å². The molecule has 1 aliphatic carbocycles. The summed E-state index contributed by atoms with van der Waals surface area (Å²) in [6.07, 6.45) is 4.17. The van der Waals surface area contributed by atoms with Gasteiger partial charge in [-0.2, -0.15) is 0 Å². The van der Waals surface area contributed by atoms with Gasteiger partial charge in [-0.25, -0.2) is 9.97 Å². The SMILES string of the molecule is CC(C)C1(CNc2cc(N3CCN(C)C(=O)C3)ncn2)CC1. The topological polar surface area (TPSA) is 61.4 Å². The minimum Gasteiger partial charge on any atom is -0.369 e. The maximum atomic E-state index is 11.8. The number of carbonyl (C=O) groups is 1. The summed E-state index contributed by atoms with van der Waals surface area (Å²) in [5.41, 5.74) is 0.439. The van der Waals surface area contributed by atoms with Gasteiger partial charge in [0.25, 0.3) is 0 Å². The van der Waals surface area contributed by atoms with E-state index in [1.165, 1.54) is 12.8 Å². The van der Waals surface area contributed by atoms with Gasteiger partial charge < -0.3 is 15.1 Å². The number of piperazine rings is 1. The summed E-state index contributed by atoms with van der Waals surface area (Å²) in [4.78, 5) is 24.2. The molecule has 1 aromatic heterocycles. The molecule has 0 bridgehead atoms. The number of hydrogen-bond acceptors (Lipinski definition) is 5. The van der Waals surface area contributed by atoms with Crippen LogP contribution in [0, 0.1) is 11.3 Å². The van der Waals surface area contributed by atoms with E-state index in [1.807, 2.05) is 18.0 Å². The first-order chi connectivity index (χ1) is 10.5. The van der Waals surface area contributed by atoms with Crippen LogP contribution in [0.4, 0.5) is 11.6 Å². The number of hydrogen-bond donors (Lipinski definition) is 1. The monoisotopic (exact) mass is 303 g/mol. The number of rotatable bonds is 5. The smallest absolute Gasteiger partial charge is 0.241 e. The van der Waals surface area contributed by atoms with Gasteiger partial charge in [0.15, 0.2) is 0 Å². The second-order valence-electron chi connectivity index (χ2n) is 6.87. The van der Waals surface area contributed by atoms with Crippen LogP contribution in [0.2, 0.25) is 0 Å². The van der Waals surface area contributed by atoms with Crippen molar-refractivity contribution in [3.05, 3.63) is 12.4 Å². The molecule has 3 rings (SSSR count). The second kappa shape index (κ2) is 5.74. The van der Waals surface area contributed by atoms with Gasteiger partial charge in [0.2, 0.25) is 5.91 Å². The summed E-state index contributed by atoms with van der Waals surface area (Å²) >= 11 is 0. The predicted molar refractivity (Wildman–Crippen MR) is 86.9 cm³/mol. The van der Waals surface area contributed by atoms with Crippen LogP contribution in [0.3, 0.4) is 0 Å². The fraction of sp³-hybridized carbons (Fsp3) is 0.688. The van der Waals surface area contributed by atoms with Crippen LogP contribution in [0.25, 0.3) is 0 Å². The molecule has 0 radical (unpaired) electrons. The molecule has 0 unspecified atom stereocenters. The molecule has 1 N–H and O–H groups in total. The van der Waals surface area contributed by atoms with Crippen molar-refractivity contribution in [3.8, 4) is 0 Å². The van der Waals surface area contributed by atoms with Crippen molar-refractivity contribution in [1.82, 2.24) is 14.9 Å². The molecule has 0 spiro atoms. The number of amides is 1. The number of aromatic nitrogens is 2. The summed E-state index contributed by atoms with van der Waals surface area (Å²) in [6.45, 7) is 7.48. The molecular formula is C16H25N5O. The first-order valence-electron chi connectivity index (χ1n) is 8.05. The fourth-order valence-electron chi connectivity index (χ4n) is 2.96. The second-order valence-corrected chi connectivity index (χ2v) is 6.87. The Labute approximate surface area is 131 Å². The van der Waals surface area contributed by atoms with Crippen LogP contribution < -0.4 is 10.2 Å². The first-order valence-corrected chi connectivity index (χ1v) is 8.05. The summed E-state index contributed by atoms with van der Waals surface area (Å²) in [5.74, 6) is 2.50. The Morgan fingerprint density at radius 2 is 2.09 bits per heavy atom. The molecule has 0 atom stereocenters. The molecule has 1 aromatic rings.